The lowest BCUT2D eigenvalue weighted by Gasteiger charge is -2.31. The summed E-state index contributed by atoms with van der Waals surface area (Å²) >= 11 is 0. The van der Waals surface area contributed by atoms with Gasteiger partial charge in [0.05, 0.1) is 19.1 Å². The Labute approximate surface area is 81.9 Å². The van der Waals surface area contributed by atoms with E-state index in [-0.39, 0.29) is 4.70 Å². The third-order valence-electron chi connectivity index (χ3n) is 3.24. The maximum absolute atomic E-state index is 2.33. The van der Waals surface area contributed by atoms with Crippen molar-refractivity contribution in [2.75, 3.05) is 13.1 Å². The van der Waals surface area contributed by atoms with E-state index in [1.54, 1.807) is 0 Å². The van der Waals surface area contributed by atoms with Crippen molar-refractivity contribution >= 4 is 0 Å². The molecule has 0 radical (unpaired) electrons. The van der Waals surface area contributed by atoms with E-state index in [0.717, 1.165) is 6.04 Å². The number of quaternary nitrogens is 1. The lowest BCUT2D eigenvalue weighted by Crippen LogP contribution is -3.16. The van der Waals surface area contributed by atoms with Crippen molar-refractivity contribution in [2.45, 2.75) is 58.4 Å². The van der Waals surface area contributed by atoms with Gasteiger partial charge in [0.2, 0.25) is 0 Å². The van der Waals surface area contributed by atoms with Gasteiger partial charge in [0, 0.05) is 0 Å². The normalized spacial score (nSPS) is 28.2. The van der Waals surface area contributed by atoms with Crippen molar-refractivity contribution < 1.29 is 9.60 Å². The second-order valence-electron chi connectivity index (χ2n) is 4.10. The third-order valence-corrected chi connectivity index (χ3v) is 3.24. The minimum absolute atomic E-state index is 0. The van der Waals surface area contributed by atoms with E-state index >= 15 is 0 Å². The molecule has 1 nitrogen and oxygen atoms in total. The average molecular weight is 189 g/mol. The molecule has 1 heterocycles. The second kappa shape index (κ2) is 7.31. The quantitative estimate of drug-likeness (QED) is 0.557. The van der Waals surface area contributed by atoms with Crippen LogP contribution in [0.2, 0.25) is 0 Å². The van der Waals surface area contributed by atoms with Crippen LogP contribution in [0.5, 0.6) is 0 Å². The fourth-order valence-electron chi connectivity index (χ4n) is 2.42. The maximum Gasteiger partial charge on any atom is 0.0874 e. The standard InChI is InChI=1S/C11H23N.FH/c1-3-5-8-11-9-6-7-10-12(11)4-2;/h11H,3-10H2,1-2H3;1H. The monoisotopic (exact) mass is 189 g/mol. The average Bonchev–Trinajstić information content (AvgIpc) is 2.15. The Morgan fingerprint density at radius 2 is 2.00 bits per heavy atom. The topological polar surface area (TPSA) is 4.44 Å². The number of likely N-dealkylation sites (tertiary alicyclic amines) is 1. The van der Waals surface area contributed by atoms with Gasteiger partial charge >= 0.3 is 0 Å². The predicted octanol–water partition coefficient (Wildman–Crippen LogP) is -1.36. The van der Waals surface area contributed by atoms with E-state index in [1.807, 2.05) is 4.90 Å². The molecule has 0 aliphatic carbocycles. The zero-order valence-corrected chi connectivity index (χ0v) is 9.11. The van der Waals surface area contributed by atoms with Crippen LogP contribution in [-0.2, 0) is 0 Å². The Balaban J connectivity index is 0.00000144. The molecule has 0 aromatic carbocycles. The van der Waals surface area contributed by atoms with Crippen LogP contribution in [0.25, 0.3) is 0 Å². The number of hydrogen-bond acceptors (Lipinski definition) is 0. The van der Waals surface area contributed by atoms with Gasteiger partial charge in [-0.05, 0) is 39.0 Å². The third kappa shape index (κ3) is 4.08. The Bertz CT molecular complexity index is 117. The highest BCUT2D eigenvalue weighted by atomic mass is 19.0. The van der Waals surface area contributed by atoms with Crippen molar-refractivity contribution in [3.05, 3.63) is 0 Å². The van der Waals surface area contributed by atoms with E-state index in [1.165, 1.54) is 51.6 Å². The van der Waals surface area contributed by atoms with Gasteiger partial charge in [0.15, 0.2) is 0 Å². The summed E-state index contributed by atoms with van der Waals surface area (Å²) < 4.78 is 0. The van der Waals surface area contributed by atoms with E-state index < -0.39 is 0 Å². The summed E-state index contributed by atoms with van der Waals surface area (Å²) in [6.45, 7) is 7.41. The predicted molar refractivity (Wildman–Crippen MR) is 53.5 cm³/mol. The lowest BCUT2D eigenvalue weighted by atomic mass is 9.97. The highest BCUT2D eigenvalue weighted by Gasteiger charge is 2.23. The Morgan fingerprint density at radius 3 is 2.62 bits per heavy atom. The number of hydrogen-bond donors (Lipinski definition) is 1. The van der Waals surface area contributed by atoms with Crippen molar-refractivity contribution in [2.24, 2.45) is 0 Å². The highest BCUT2D eigenvalue weighted by molar-refractivity contribution is 4.61. The second-order valence-corrected chi connectivity index (χ2v) is 4.10. The molecule has 1 fully saturated rings. The maximum atomic E-state index is 2.33. The highest BCUT2D eigenvalue weighted by Crippen LogP contribution is 2.09. The summed E-state index contributed by atoms with van der Waals surface area (Å²) in [6.07, 6.45) is 8.72. The first kappa shape index (κ1) is 12.9. The number of halogens is 1. The molecule has 0 bridgehead atoms. The molecule has 2 atom stereocenters. The van der Waals surface area contributed by atoms with Crippen LogP contribution in [-0.4, -0.2) is 19.1 Å². The van der Waals surface area contributed by atoms with Gasteiger partial charge in [-0.25, -0.2) is 0 Å². The molecule has 0 spiro atoms. The van der Waals surface area contributed by atoms with Crippen LogP contribution < -0.4 is 9.60 Å². The van der Waals surface area contributed by atoms with Crippen LogP contribution >= 0.6 is 0 Å². The van der Waals surface area contributed by atoms with Gasteiger partial charge < -0.3 is 9.60 Å². The van der Waals surface area contributed by atoms with E-state index in [4.69, 9.17) is 0 Å². The van der Waals surface area contributed by atoms with Crippen LogP contribution in [0.1, 0.15) is 52.4 Å². The first-order valence-electron chi connectivity index (χ1n) is 5.73. The molecule has 13 heavy (non-hydrogen) atoms. The summed E-state index contributed by atoms with van der Waals surface area (Å²) in [4.78, 5) is 1.87. The molecule has 1 aliphatic heterocycles. The van der Waals surface area contributed by atoms with Gasteiger partial charge in [-0.3, -0.25) is 0 Å². The molecule has 0 amide bonds. The molecule has 0 aromatic heterocycles. The Morgan fingerprint density at radius 1 is 1.23 bits per heavy atom. The van der Waals surface area contributed by atoms with Crippen molar-refractivity contribution in [1.82, 2.24) is 0 Å². The number of nitrogens with one attached hydrogen (secondary N) is 1. The van der Waals surface area contributed by atoms with Crippen molar-refractivity contribution in [3.63, 3.8) is 0 Å². The minimum Gasteiger partial charge on any atom is -1.00 e. The fourth-order valence-corrected chi connectivity index (χ4v) is 2.42. The van der Waals surface area contributed by atoms with Gasteiger partial charge in [-0.2, -0.15) is 0 Å². The number of piperidine rings is 1. The Kier molecular flexibility index (Phi) is 7.25. The molecule has 0 aromatic rings. The van der Waals surface area contributed by atoms with Gasteiger partial charge in [0.25, 0.3) is 0 Å². The molecule has 1 rings (SSSR count). The molecule has 80 valence electrons. The largest absolute Gasteiger partial charge is 1.00 e. The zero-order chi connectivity index (χ0) is 8.81. The van der Waals surface area contributed by atoms with Crippen LogP contribution in [0, 0.1) is 0 Å². The fraction of sp³-hybridized carbons (Fsp3) is 1.00. The molecule has 1 N–H and O–H groups in total. The van der Waals surface area contributed by atoms with Crippen molar-refractivity contribution in [1.29, 1.82) is 0 Å². The van der Waals surface area contributed by atoms with E-state index in [2.05, 4.69) is 13.8 Å². The Hall–Kier alpha value is -0.110. The van der Waals surface area contributed by atoms with Gasteiger partial charge in [-0.1, -0.05) is 13.3 Å². The summed E-state index contributed by atoms with van der Waals surface area (Å²) in [5.41, 5.74) is 0. The molecule has 0 saturated carbocycles. The van der Waals surface area contributed by atoms with Crippen LogP contribution in [0.4, 0.5) is 0 Å². The molecule has 2 unspecified atom stereocenters. The summed E-state index contributed by atoms with van der Waals surface area (Å²) in [5, 5.41) is 0. The van der Waals surface area contributed by atoms with E-state index in [9.17, 15) is 0 Å². The number of rotatable bonds is 4. The summed E-state index contributed by atoms with van der Waals surface area (Å²) in [5.74, 6) is 0. The van der Waals surface area contributed by atoms with Crippen LogP contribution in [0.15, 0.2) is 0 Å². The summed E-state index contributed by atoms with van der Waals surface area (Å²) in [6, 6.07) is 1.00. The van der Waals surface area contributed by atoms with E-state index in [0.29, 0.717) is 0 Å². The smallest absolute Gasteiger partial charge is 0.0874 e. The number of unbranched alkanes of at least 4 members (excludes halogenated alkanes) is 1. The van der Waals surface area contributed by atoms with Gasteiger partial charge in [0.1, 0.15) is 0 Å². The zero-order valence-electron chi connectivity index (χ0n) is 9.11. The molecule has 1 aliphatic rings. The van der Waals surface area contributed by atoms with Gasteiger partial charge in [-0.15, -0.1) is 0 Å². The summed E-state index contributed by atoms with van der Waals surface area (Å²) in [7, 11) is 0. The van der Waals surface area contributed by atoms with Crippen molar-refractivity contribution in [3.8, 4) is 0 Å². The van der Waals surface area contributed by atoms with Crippen LogP contribution in [0.3, 0.4) is 0 Å². The SMILES string of the molecule is CCCCC1CCCC[NH+]1CC.[F-]. The molecule has 1 saturated heterocycles. The first-order chi connectivity index (χ1) is 5.88. The molecule has 2 heteroatoms. The lowest BCUT2D eigenvalue weighted by molar-refractivity contribution is -0.929. The molecular formula is C11H24FN. The minimum atomic E-state index is 0. The first-order valence-corrected chi connectivity index (χ1v) is 5.73. The molecular weight excluding hydrogens is 165 g/mol.